The van der Waals surface area contributed by atoms with Gasteiger partial charge in [-0.15, -0.1) is 0 Å². The molecule has 16 heavy (non-hydrogen) atoms. The van der Waals surface area contributed by atoms with Crippen molar-refractivity contribution in [2.24, 2.45) is 5.73 Å². The van der Waals surface area contributed by atoms with E-state index in [4.69, 9.17) is 10.8 Å². The standard InChI is InChI=1S/C9H10F2N2O3/c10-8(11)5-1-4(2-7(14)15)6(3-12)13-9(5)16/h1,8H,2-3,12H2,(H,13,16)(H,14,15). The van der Waals surface area contributed by atoms with E-state index in [1.807, 2.05) is 0 Å². The van der Waals surface area contributed by atoms with E-state index in [1.54, 1.807) is 0 Å². The van der Waals surface area contributed by atoms with Gasteiger partial charge in [-0.2, -0.15) is 0 Å². The molecule has 0 saturated heterocycles. The number of carboxylic acids is 1. The lowest BCUT2D eigenvalue weighted by Gasteiger charge is -2.07. The zero-order valence-electron chi connectivity index (χ0n) is 8.17. The average molecular weight is 232 g/mol. The number of carboxylic acid groups (broad SMARTS) is 1. The molecule has 0 aliphatic carbocycles. The minimum Gasteiger partial charge on any atom is -0.481 e. The Morgan fingerprint density at radius 1 is 1.56 bits per heavy atom. The molecule has 88 valence electrons. The van der Waals surface area contributed by atoms with Crippen LogP contribution in [0.5, 0.6) is 0 Å². The molecule has 0 radical (unpaired) electrons. The van der Waals surface area contributed by atoms with Gasteiger partial charge in [0.2, 0.25) is 0 Å². The van der Waals surface area contributed by atoms with Crippen LogP contribution < -0.4 is 11.3 Å². The number of carbonyl (C=O) groups is 1. The van der Waals surface area contributed by atoms with Crippen LogP contribution in [0.25, 0.3) is 0 Å². The molecule has 1 aromatic rings. The Bertz CT molecular complexity index is 457. The molecular formula is C9H10F2N2O3. The molecule has 0 spiro atoms. The first-order valence-corrected chi connectivity index (χ1v) is 4.40. The quantitative estimate of drug-likeness (QED) is 0.700. The summed E-state index contributed by atoms with van der Waals surface area (Å²) in [5, 5.41) is 8.57. The van der Waals surface area contributed by atoms with Gasteiger partial charge < -0.3 is 15.8 Å². The summed E-state index contributed by atoms with van der Waals surface area (Å²) < 4.78 is 24.8. The normalized spacial score (nSPS) is 10.8. The molecule has 0 amide bonds. The van der Waals surface area contributed by atoms with Gasteiger partial charge in [0.1, 0.15) is 0 Å². The molecule has 0 aliphatic heterocycles. The second-order valence-corrected chi connectivity index (χ2v) is 3.13. The maximum atomic E-state index is 12.4. The number of aromatic amines is 1. The van der Waals surface area contributed by atoms with Crippen LogP contribution in [0.15, 0.2) is 10.9 Å². The van der Waals surface area contributed by atoms with Gasteiger partial charge >= 0.3 is 5.97 Å². The fraction of sp³-hybridized carbons (Fsp3) is 0.333. The molecule has 0 atom stereocenters. The van der Waals surface area contributed by atoms with Crippen molar-refractivity contribution in [2.45, 2.75) is 19.4 Å². The lowest BCUT2D eigenvalue weighted by molar-refractivity contribution is -0.136. The Morgan fingerprint density at radius 3 is 2.62 bits per heavy atom. The lowest BCUT2D eigenvalue weighted by Crippen LogP contribution is -2.20. The number of hydrogen-bond donors (Lipinski definition) is 3. The Balaban J connectivity index is 3.28. The largest absolute Gasteiger partial charge is 0.481 e. The number of halogens is 2. The van der Waals surface area contributed by atoms with Crippen LogP contribution in [0.1, 0.15) is 23.2 Å². The summed E-state index contributed by atoms with van der Waals surface area (Å²) in [5.41, 5.74) is 3.85. The first kappa shape index (κ1) is 12.3. The van der Waals surface area contributed by atoms with E-state index in [2.05, 4.69) is 4.98 Å². The minimum atomic E-state index is -2.94. The number of pyridine rings is 1. The van der Waals surface area contributed by atoms with Gasteiger partial charge in [-0.05, 0) is 11.6 Å². The van der Waals surface area contributed by atoms with Gasteiger partial charge in [0.05, 0.1) is 12.0 Å². The van der Waals surface area contributed by atoms with Crippen molar-refractivity contribution in [2.75, 3.05) is 0 Å². The van der Waals surface area contributed by atoms with Crippen molar-refractivity contribution >= 4 is 5.97 Å². The first-order valence-electron chi connectivity index (χ1n) is 4.40. The topological polar surface area (TPSA) is 96.2 Å². The van der Waals surface area contributed by atoms with Crippen LogP contribution in [0, 0.1) is 0 Å². The Hall–Kier alpha value is -1.76. The van der Waals surface area contributed by atoms with Gasteiger partial charge in [0.15, 0.2) is 0 Å². The van der Waals surface area contributed by atoms with Gasteiger partial charge in [-0.25, -0.2) is 8.78 Å². The monoisotopic (exact) mass is 232 g/mol. The zero-order valence-corrected chi connectivity index (χ0v) is 8.17. The number of hydrogen-bond acceptors (Lipinski definition) is 3. The van der Waals surface area contributed by atoms with Crippen LogP contribution in [0.4, 0.5) is 8.78 Å². The van der Waals surface area contributed by atoms with Crippen LogP contribution >= 0.6 is 0 Å². The third-order valence-electron chi connectivity index (χ3n) is 2.02. The van der Waals surface area contributed by atoms with Crippen molar-refractivity contribution in [3.8, 4) is 0 Å². The van der Waals surface area contributed by atoms with Gasteiger partial charge in [0, 0.05) is 12.2 Å². The zero-order chi connectivity index (χ0) is 12.3. The number of H-pyrrole nitrogens is 1. The number of nitrogens with one attached hydrogen (secondary N) is 1. The van der Waals surface area contributed by atoms with Crippen molar-refractivity contribution < 1.29 is 18.7 Å². The number of aromatic nitrogens is 1. The summed E-state index contributed by atoms with van der Waals surface area (Å²) in [5.74, 6) is -1.18. The van der Waals surface area contributed by atoms with E-state index < -0.39 is 29.9 Å². The van der Waals surface area contributed by atoms with Crippen molar-refractivity contribution in [1.29, 1.82) is 0 Å². The first-order chi connectivity index (χ1) is 7.45. The van der Waals surface area contributed by atoms with Gasteiger partial charge in [-0.3, -0.25) is 9.59 Å². The summed E-state index contributed by atoms with van der Waals surface area (Å²) in [6.07, 6.45) is -3.40. The van der Waals surface area contributed by atoms with Crippen LogP contribution in [0.2, 0.25) is 0 Å². The second-order valence-electron chi connectivity index (χ2n) is 3.13. The summed E-state index contributed by atoms with van der Waals surface area (Å²) in [6, 6.07) is 0.889. The van der Waals surface area contributed by atoms with E-state index in [1.165, 1.54) is 0 Å². The average Bonchev–Trinajstić information content (AvgIpc) is 2.18. The fourth-order valence-corrected chi connectivity index (χ4v) is 1.29. The number of rotatable bonds is 4. The molecule has 0 unspecified atom stereocenters. The third-order valence-corrected chi connectivity index (χ3v) is 2.02. The van der Waals surface area contributed by atoms with E-state index >= 15 is 0 Å². The molecular weight excluding hydrogens is 222 g/mol. The predicted octanol–water partition coefficient (Wildman–Crippen LogP) is 0.398. The molecule has 5 nitrogen and oxygen atoms in total. The molecule has 1 heterocycles. The van der Waals surface area contributed by atoms with E-state index in [0.717, 1.165) is 6.07 Å². The predicted molar refractivity (Wildman–Crippen MR) is 51.3 cm³/mol. The highest BCUT2D eigenvalue weighted by atomic mass is 19.3. The highest BCUT2D eigenvalue weighted by molar-refractivity contribution is 5.70. The second kappa shape index (κ2) is 4.84. The Kier molecular flexibility index (Phi) is 3.73. The molecule has 0 saturated carbocycles. The fourth-order valence-electron chi connectivity index (χ4n) is 1.29. The van der Waals surface area contributed by atoms with E-state index in [-0.39, 0.29) is 17.8 Å². The van der Waals surface area contributed by atoms with E-state index in [0.29, 0.717) is 0 Å². The van der Waals surface area contributed by atoms with E-state index in [9.17, 15) is 18.4 Å². The maximum absolute atomic E-state index is 12.4. The van der Waals surface area contributed by atoms with Crippen LogP contribution in [-0.4, -0.2) is 16.1 Å². The summed E-state index contributed by atoms with van der Waals surface area (Å²) in [6.45, 7) is -0.110. The Labute approximate surface area is 88.9 Å². The molecule has 4 N–H and O–H groups in total. The molecule has 0 aliphatic rings. The highest BCUT2D eigenvalue weighted by Crippen LogP contribution is 2.17. The summed E-state index contributed by atoms with van der Waals surface area (Å²) >= 11 is 0. The number of aliphatic carboxylic acids is 1. The van der Waals surface area contributed by atoms with Gasteiger partial charge in [-0.1, -0.05) is 0 Å². The minimum absolute atomic E-state index is 0.102. The summed E-state index contributed by atoms with van der Waals surface area (Å²) in [7, 11) is 0. The van der Waals surface area contributed by atoms with Crippen molar-refractivity contribution in [3.05, 3.63) is 33.2 Å². The molecule has 1 rings (SSSR count). The molecule has 1 aromatic heterocycles. The van der Waals surface area contributed by atoms with Crippen molar-refractivity contribution in [1.82, 2.24) is 4.98 Å². The van der Waals surface area contributed by atoms with Gasteiger partial charge in [0.25, 0.3) is 12.0 Å². The smallest absolute Gasteiger partial charge is 0.307 e. The summed E-state index contributed by atoms with van der Waals surface area (Å²) in [4.78, 5) is 23.8. The third kappa shape index (κ3) is 2.63. The van der Waals surface area contributed by atoms with Crippen LogP contribution in [0.3, 0.4) is 0 Å². The lowest BCUT2D eigenvalue weighted by atomic mass is 10.1. The van der Waals surface area contributed by atoms with Crippen LogP contribution in [-0.2, 0) is 17.8 Å². The SMILES string of the molecule is NCc1[nH]c(=O)c(C(F)F)cc1CC(=O)O. The van der Waals surface area contributed by atoms with Crippen molar-refractivity contribution in [3.63, 3.8) is 0 Å². The maximum Gasteiger partial charge on any atom is 0.307 e. The molecule has 7 heteroatoms. The Morgan fingerprint density at radius 2 is 2.19 bits per heavy atom. The number of alkyl halides is 2. The number of nitrogens with two attached hydrogens (primary N) is 1. The highest BCUT2D eigenvalue weighted by Gasteiger charge is 2.16. The molecule has 0 fully saturated rings. The molecule has 0 bridgehead atoms. The molecule has 0 aromatic carbocycles.